The number of aromatic nitrogens is 1. The minimum absolute atomic E-state index is 0.0856. The fraction of sp³-hybridized carbons (Fsp3) is 0.167. The molecular weight excluding hydrogens is 132 g/mol. The molecule has 0 saturated heterocycles. The van der Waals surface area contributed by atoms with Crippen molar-refractivity contribution in [3.63, 3.8) is 0 Å². The molecule has 0 aromatic carbocycles. The summed E-state index contributed by atoms with van der Waals surface area (Å²) in [5.41, 5.74) is 5.15. The van der Waals surface area contributed by atoms with Crippen LogP contribution in [0.3, 0.4) is 0 Å². The second-order valence-corrected chi connectivity index (χ2v) is 1.85. The highest BCUT2D eigenvalue weighted by atomic mass is 16.3. The lowest BCUT2D eigenvalue weighted by molar-refractivity contribution is 0.177. The van der Waals surface area contributed by atoms with E-state index in [2.05, 4.69) is 4.98 Å². The van der Waals surface area contributed by atoms with Crippen LogP contribution in [0, 0.1) is 0 Å². The summed E-state index contributed by atoms with van der Waals surface area (Å²) in [6.07, 6.45) is 0.242. The van der Waals surface area contributed by atoms with Crippen molar-refractivity contribution in [1.29, 1.82) is 0 Å². The van der Waals surface area contributed by atoms with Gasteiger partial charge in [0.1, 0.15) is 17.7 Å². The third kappa shape index (κ3) is 1.23. The van der Waals surface area contributed by atoms with Gasteiger partial charge in [0.05, 0.1) is 0 Å². The molecule has 1 unspecified atom stereocenters. The molecule has 0 aliphatic rings. The average molecular weight is 140 g/mol. The van der Waals surface area contributed by atoms with Crippen LogP contribution >= 0.6 is 0 Å². The molecule has 0 saturated carbocycles. The van der Waals surface area contributed by atoms with Crippen molar-refractivity contribution in [3.8, 4) is 5.75 Å². The minimum atomic E-state index is -1.21. The number of pyridine rings is 1. The highest BCUT2D eigenvalue weighted by Crippen LogP contribution is 2.16. The zero-order valence-corrected chi connectivity index (χ0v) is 5.23. The molecular formula is C6H8N2O2. The van der Waals surface area contributed by atoms with E-state index in [-0.39, 0.29) is 11.4 Å². The van der Waals surface area contributed by atoms with Gasteiger partial charge in [-0.25, -0.2) is 0 Å². The SMILES string of the molecule is NC(O)c1ncccc1O. The normalized spacial score (nSPS) is 13.0. The van der Waals surface area contributed by atoms with Gasteiger partial charge in [0.15, 0.2) is 0 Å². The summed E-state index contributed by atoms with van der Waals surface area (Å²) >= 11 is 0. The first-order chi connectivity index (χ1) is 4.72. The predicted molar refractivity (Wildman–Crippen MR) is 35.0 cm³/mol. The molecule has 0 bridgehead atoms. The monoisotopic (exact) mass is 140 g/mol. The molecule has 1 atom stereocenters. The summed E-state index contributed by atoms with van der Waals surface area (Å²) < 4.78 is 0. The van der Waals surface area contributed by atoms with Crippen molar-refractivity contribution < 1.29 is 10.2 Å². The molecule has 0 amide bonds. The van der Waals surface area contributed by atoms with Crippen molar-refractivity contribution >= 4 is 0 Å². The Balaban J connectivity index is 3.03. The van der Waals surface area contributed by atoms with E-state index in [1.54, 1.807) is 6.07 Å². The molecule has 54 valence electrons. The third-order valence-corrected chi connectivity index (χ3v) is 1.10. The quantitative estimate of drug-likeness (QED) is 0.469. The lowest BCUT2D eigenvalue weighted by Gasteiger charge is -2.03. The van der Waals surface area contributed by atoms with Gasteiger partial charge in [0.25, 0.3) is 0 Å². The van der Waals surface area contributed by atoms with E-state index < -0.39 is 6.23 Å². The summed E-state index contributed by atoms with van der Waals surface area (Å²) in [4.78, 5) is 3.65. The Morgan fingerprint density at radius 3 is 2.70 bits per heavy atom. The number of aliphatic hydroxyl groups excluding tert-OH is 1. The van der Waals surface area contributed by atoms with Gasteiger partial charge in [0.2, 0.25) is 0 Å². The van der Waals surface area contributed by atoms with Crippen molar-refractivity contribution in [1.82, 2.24) is 4.98 Å². The number of nitrogens with zero attached hydrogens (tertiary/aromatic N) is 1. The second-order valence-electron chi connectivity index (χ2n) is 1.85. The van der Waals surface area contributed by atoms with Crippen molar-refractivity contribution in [2.75, 3.05) is 0 Å². The van der Waals surface area contributed by atoms with Crippen LogP contribution in [0.4, 0.5) is 0 Å². The van der Waals surface area contributed by atoms with E-state index in [1.807, 2.05) is 0 Å². The Labute approximate surface area is 57.9 Å². The summed E-state index contributed by atoms with van der Waals surface area (Å²) in [5.74, 6) is -0.0856. The summed E-state index contributed by atoms with van der Waals surface area (Å²) in [7, 11) is 0. The summed E-state index contributed by atoms with van der Waals surface area (Å²) in [6, 6.07) is 2.97. The number of hydrogen-bond acceptors (Lipinski definition) is 4. The van der Waals surface area contributed by atoms with Gasteiger partial charge in [0, 0.05) is 6.20 Å². The molecule has 4 N–H and O–H groups in total. The number of aliphatic hydroxyl groups is 1. The number of nitrogens with two attached hydrogens (primary N) is 1. The van der Waals surface area contributed by atoms with E-state index in [4.69, 9.17) is 15.9 Å². The van der Waals surface area contributed by atoms with Gasteiger partial charge in [-0.1, -0.05) is 0 Å². The molecule has 0 fully saturated rings. The van der Waals surface area contributed by atoms with Crippen LogP contribution in [0.25, 0.3) is 0 Å². The lowest BCUT2D eigenvalue weighted by atomic mass is 10.3. The fourth-order valence-corrected chi connectivity index (χ4v) is 0.637. The van der Waals surface area contributed by atoms with Crippen LogP contribution in [-0.2, 0) is 0 Å². The second kappa shape index (κ2) is 2.64. The summed E-state index contributed by atoms with van der Waals surface area (Å²) in [6.45, 7) is 0. The van der Waals surface area contributed by atoms with E-state index in [1.165, 1.54) is 12.3 Å². The minimum Gasteiger partial charge on any atom is -0.506 e. The fourth-order valence-electron chi connectivity index (χ4n) is 0.637. The smallest absolute Gasteiger partial charge is 0.149 e. The zero-order chi connectivity index (χ0) is 7.56. The van der Waals surface area contributed by atoms with Crippen LogP contribution in [-0.4, -0.2) is 15.2 Å². The van der Waals surface area contributed by atoms with E-state index in [0.717, 1.165) is 0 Å². The van der Waals surface area contributed by atoms with Crippen molar-refractivity contribution in [3.05, 3.63) is 24.0 Å². The van der Waals surface area contributed by atoms with Gasteiger partial charge >= 0.3 is 0 Å². The Morgan fingerprint density at radius 1 is 1.60 bits per heavy atom. The Bertz CT molecular complexity index is 225. The molecule has 4 heteroatoms. The standard InChI is InChI=1S/C6H8N2O2/c7-6(10)5-4(9)2-1-3-8-5/h1-3,6,9-10H,7H2. The Kier molecular flexibility index (Phi) is 1.84. The van der Waals surface area contributed by atoms with Gasteiger partial charge in [-0.05, 0) is 12.1 Å². The maximum absolute atomic E-state index is 8.98. The maximum Gasteiger partial charge on any atom is 0.149 e. The van der Waals surface area contributed by atoms with Gasteiger partial charge in [-0.3, -0.25) is 4.98 Å². The van der Waals surface area contributed by atoms with E-state index in [9.17, 15) is 0 Å². The average Bonchev–Trinajstić information content (AvgIpc) is 1.88. The largest absolute Gasteiger partial charge is 0.506 e. The highest BCUT2D eigenvalue weighted by molar-refractivity contribution is 5.25. The van der Waals surface area contributed by atoms with Crippen LogP contribution in [0.15, 0.2) is 18.3 Å². The van der Waals surface area contributed by atoms with Crippen LogP contribution in [0.5, 0.6) is 5.75 Å². The molecule has 0 aliphatic carbocycles. The molecule has 4 nitrogen and oxygen atoms in total. The molecule has 1 rings (SSSR count). The predicted octanol–water partition coefficient (Wildman–Crippen LogP) is -0.263. The highest BCUT2D eigenvalue weighted by Gasteiger charge is 2.06. The Morgan fingerprint density at radius 2 is 2.30 bits per heavy atom. The van der Waals surface area contributed by atoms with Gasteiger partial charge in [-0.2, -0.15) is 0 Å². The van der Waals surface area contributed by atoms with Gasteiger partial charge < -0.3 is 15.9 Å². The summed E-state index contributed by atoms with van der Waals surface area (Å²) in [5, 5.41) is 17.7. The first kappa shape index (κ1) is 6.98. The lowest BCUT2D eigenvalue weighted by Crippen LogP contribution is -2.10. The molecule has 1 aromatic rings. The maximum atomic E-state index is 8.98. The topological polar surface area (TPSA) is 79.4 Å². The van der Waals surface area contributed by atoms with Crippen LogP contribution < -0.4 is 5.73 Å². The number of hydrogen-bond donors (Lipinski definition) is 3. The third-order valence-electron chi connectivity index (χ3n) is 1.10. The first-order valence-electron chi connectivity index (χ1n) is 2.79. The van der Waals surface area contributed by atoms with Crippen LogP contribution in [0.1, 0.15) is 11.9 Å². The van der Waals surface area contributed by atoms with Crippen molar-refractivity contribution in [2.24, 2.45) is 5.73 Å². The van der Waals surface area contributed by atoms with E-state index in [0.29, 0.717) is 0 Å². The molecule has 0 spiro atoms. The van der Waals surface area contributed by atoms with E-state index >= 15 is 0 Å². The molecule has 0 aliphatic heterocycles. The Hall–Kier alpha value is -1.13. The molecule has 10 heavy (non-hydrogen) atoms. The zero-order valence-electron chi connectivity index (χ0n) is 5.23. The first-order valence-corrected chi connectivity index (χ1v) is 2.79. The number of aromatic hydroxyl groups is 1. The molecule has 1 aromatic heterocycles. The van der Waals surface area contributed by atoms with Crippen molar-refractivity contribution in [2.45, 2.75) is 6.23 Å². The van der Waals surface area contributed by atoms with Gasteiger partial charge in [-0.15, -0.1) is 0 Å². The van der Waals surface area contributed by atoms with Crippen LogP contribution in [0.2, 0.25) is 0 Å². The number of rotatable bonds is 1. The molecule has 1 heterocycles. The molecule has 0 radical (unpaired) electrons.